The first-order chi connectivity index (χ1) is 8.66. The molecule has 94 valence electrons. The van der Waals surface area contributed by atoms with E-state index in [2.05, 4.69) is 11.8 Å². The number of hydrogen-bond donors (Lipinski definition) is 1. The molecule has 1 aromatic carbocycles. The van der Waals surface area contributed by atoms with Crippen molar-refractivity contribution in [1.29, 1.82) is 0 Å². The van der Waals surface area contributed by atoms with E-state index in [4.69, 9.17) is 5.73 Å². The van der Waals surface area contributed by atoms with Gasteiger partial charge in [-0.1, -0.05) is 24.1 Å². The Morgan fingerprint density at radius 1 is 1.44 bits per heavy atom. The number of nitrogens with two attached hydrogens (primary N) is 1. The molecule has 1 aromatic rings. The van der Waals surface area contributed by atoms with Crippen molar-refractivity contribution in [3.05, 3.63) is 35.9 Å². The van der Waals surface area contributed by atoms with Gasteiger partial charge in [0.25, 0.3) is 5.91 Å². The quantitative estimate of drug-likeness (QED) is 0.753. The summed E-state index contributed by atoms with van der Waals surface area (Å²) in [5, 5.41) is 0. The van der Waals surface area contributed by atoms with E-state index >= 15 is 0 Å². The van der Waals surface area contributed by atoms with Crippen molar-refractivity contribution < 1.29 is 4.79 Å². The SMILES string of the molecule is CC(N)C1CCN(C(=O)C#Cc2ccccc2)C1. The summed E-state index contributed by atoms with van der Waals surface area (Å²) < 4.78 is 0. The van der Waals surface area contributed by atoms with Gasteiger partial charge in [0, 0.05) is 30.6 Å². The van der Waals surface area contributed by atoms with Crippen molar-refractivity contribution in [2.24, 2.45) is 11.7 Å². The lowest BCUT2D eigenvalue weighted by molar-refractivity contribution is -0.124. The lowest BCUT2D eigenvalue weighted by Crippen LogP contribution is -2.32. The van der Waals surface area contributed by atoms with Crippen molar-refractivity contribution in [2.45, 2.75) is 19.4 Å². The van der Waals surface area contributed by atoms with E-state index in [0.29, 0.717) is 5.92 Å². The van der Waals surface area contributed by atoms with Crippen molar-refractivity contribution >= 4 is 5.91 Å². The van der Waals surface area contributed by atoms with E-state index in [1.165, 1.54) is 0 Å². The average Bonchev–Trinajstić information content (AvgIpc) is 2.87. The summed E-state index contributed by atoms with van der Waals surface area (Å²) >= 11 is 0. The van der Waals surface area contributed by atoms with E-state index in [-0.39, 0.29) is 11.9 Å². The Bertz CT molecular complexity index is 470. The summed E-state index contributed by atoms with van der Waals surface area (Å²) in [6, 6.07) is 9.70. The van der Waals surface area contributed by atoms with Crippen LogP contribution in [0.1, 0.15) is 18.9 Å². The first-order valence-electron chi connectivity index (χ1n) is 6.28. The highest BCUT2D eigenvalue weighted by Crippen LogP contribution is 2.18. The molecule has 1 saturated heterocycles. The number of carbonyl (C=O) groups is 1. The Balaban J connectivity index is 1.96. The number of rotatable bonds is 1. The van der Waals surface area contributed by atoms with Crippen LogP contribution in [0.3, 0.4) is 0 Å². The van der Waals surface area contributed by atoms with Crippen molar-refractivity contribution in [3.8, 4) is 11.8 Å². The van der Waals surface area contributed by atoms with Gasteiger partial charge in [0.1, 0.15) is 0 Å². The van der Waals surface area contributed by atoms with Gasteiger partial charge in [0.15, 0.2) is 0 Å². The molecule has 0 aromatic heterocycles. The fraction of sp³-hybridized carbons (Fsp3) is 0.400. The van der Waals surface area contributed by atoms with Gasteiger partial charge in [0.05, 0.1) is 0 Å². The number of carbonyl (C=O) groups excluding carboxylic acids is 1. The Kier molecular flexibility index (Phi) is 4.01. The second-order valence-corrected chi connectivity index (χ2v) is 4.78. The summed E-state index contributed by atoms with van der Waals surface area (Å²) in [4.78, 5) is 13.7. The molecule has 2 rings (SSSR count). The molecule has 0 radical (unpaired) electrons. The zero-order chi connectivity index (χ0) is 13.0. The topological polar surface area (TPSA) is 46.3 Å². The van der Waals surface area contributed by atoms with Gasteiger partial charge in [0.2, 0.25) is 0 Å². The fourth-order valence-corrected chi connectivity index (χ4v) is 2.13. The molecule has 1 aliphatic heterocycles. The highest BCUT2D eigenvalue weighted by atomic mass is 16.2. The van der Waals surface area contributed by atoms with E-state index in [1.54, 1.807) is 4.90 Å². The summed E-state index contributed by atoms with van der Waals surface area (Å²) in [5.74, 6) is 5.90. The van der Waals surface area contributed by atoms with Crippen LogP contribution in [0.2, 0.25) is 0 Å². The molecule has 0 spiro atoms. The van der Waals surface area contributed by atoms with Crippen LogP contribution in [0, 0.1) is 17.8 Å². The summed E-state index contributed by atoms with van der Waals surface area (Å²) in [5.41, 5.74) is 6.72. The smallest absolute Gasteiger partial charge is 0.298 e. The molecule has 18 heavy (non-hydrogen) atoms. The van der Waals surface area contributed by atoms with Crippen LogP contribution >= 0.6 is 0 Å². The van der Waals surface area contributed by atoms with Crippen LogP contribution in [-0.4, -0.2) is 29.9 Å². The molecule has 1 heterocycles. The minimum atomic E-state index is -0.0954. The van der Waals surface area contributed by atoms with Crippen molar-refractivity contribution in [1.82, 2.24) is 4.90 Å². The summed E-state index contributed by atoms with van der Waals surface area (Å²) in [7, 11) is 0. The molecule has 3 nitrogen and oxygen atoms in total. The molecule has 2 atom stereocenters. The first kappa shape index (κ1) is 12.7. The summed E-state index contributed by atoms with van der Waals surface area (Å²) in [6.45, 7) is 3.50. The number of nitrogens with zero attached hydrogens (tertiary/aromatic N) is 1. The monoisotopic (exact) mass is 242 g/mol. The fourth-order valence-electron chi connectivity index (χ4n) is 2.13. The van der Waals surface area contributed by atoms with Gasteiger partial charge in [-0.25, -0.2) is 0 Å². The Morgan fingerprint density at radius 2 is 2.17 bits per heavy atom. The maximum Gasteiger partial charge on any atom is 0.298 e. The Labute approximate surface area is 108 Å². The molecule has 1 aliphatic rings. The van der Waals surface area contributed by atoms with Crippen LogP contribution in [0.25, 0.3) is 0 Å². The molecule has 3 heteroatoms. The van der Waals surface area contributed by atoms with Crippen molar-refractivity contribution in [3.63, 3.8) is 0 Å². The maximum atomic E-state index is 11.9. The summed E-state index contributed by atoms with van der Waals surface area (Å²) in [6.07, 6.45) is 0.983. The second kappa shape index (κ2) is 5.70. The first-order valence-corrected chi connectivity index (χ1v) is 6.28. The van der Waals surface area contributed by atoms with Gasteiger partial charge in [-0.15, -0.1) is 0 Å². The molecule has 2 unspecified atom stereocenters. The molecule has 0 aliphatic carbocycles. The molecule has 0 bridgehead atoms. The highest BCUT2D eigenvalue weighted by Gasteiger charge is 2.27. The van der Waals surface area contributed by atoms with E-state index in [9.17, 15) is 4.79 Å². The van der Waals surface area contributed by atoms with E-state index in [1.807, 2.05) is 37.3 Å². The second-order valence-electron chi connectivity index (χ2n) is 4.78. The lowest BCUT2D eigenvalue weighted by Gasteiger charge is -2.15. The van der Waals surface area contributed by atoms with Gasteiger partial charge in [-0.05, 0) is 31.4 Å². The number of likely N-dealkylation sites (tertiary alicyclic amines) is 1. The van der Waals surface area contributed by atoms with Crippen LogP contribution in [0.5, 0.6) is 0 Å². The maximum absolute atomic E-state index is 11.9. The minimum Gasteiger partial charge on any atom is -0.332 e. The number of amides is 1. The highest BCUT2D eigenvalue weighted by molar-refractivity contribution is 5.94. The normalized spacial score (nSPS) is 20.1. The third-order valence-electron chi connectivity index (χ3n) is 3.34. The zero-order valence-corrected chi connectivity index (χ0v) is 10.6. The van der Waals surface area contributed by atoms with Gasteiger partial charge in [-0.2, -0.15) is 0 Å². The molecule has 1 amide bonds. The third-order valence-corrected chi connectivity index (χ3v) is 3.34. The molecular weight excluding hydrogens is 224 g/mol. The van der Waals surface area contributed by atoms with Gasteiger partial charge in [-0.3, -0.25) is 4.79 Å². The van der Waals surface area contributed by atoms with E-state index < -0.39 is 0 Å². The van der Waals surface area contributed by atoms with Crippen LogP contribution < -0.4 is 5.73 Å². The lowest BCUT2D eigenvalue weighted by atomic mass is 10.0. The molecule has 0 saturated carbocycles. The van der Waals surface area contributed by atoms with Gasteiger partial charge >= 0.3 is 0 Å². The number of benzene rings is 1. The standard InChI is InChI=1S/C15H18N2O/c1-12(16)14-9-10-17(11-14)15(18)8-7-13-5-3-2-4-6-13/h2-6,12,14H,9-11,16H2,1H3. The number of hydrogen-bond acceptors (Lipinski definition) is 2. The predicted octanol–water partition coefficient (Wildman–Crippen LogP) is 1.23. The zero-order valence-electron chi connectivity index (χ0n) is 10.6. The molecular formula is C15H18N2O. The van der Waals surface area contributed by atoms with Crippen molar-refractivity contribution in [2.75, 3.05) is 13.1 Å². The average molecular weight is 242 g/mol. The molecule has 2 N–H and O–H groups in total. The molecule has 1 fully saturated rings. The van der Waals surface area contributed by atoms with E-state index in [0.717, 1.165) is 25.1 Å². The Hall–Kier alpha value is -1.79. The minimum absolute atomic E-state index is 0.0954. The van der Waals surface area contributed by atoms with Crippen LogP contribution in [-0.2, 0) is 4.79 Å². The van der Waals surface area contributed by atoms with Gasteiger partial charge < -0.3 is 10.6 Å². The van der Waals surface area contributed by atoms with Crippen LogP contribution in [0.4, 0.5) is 0 Å². The largest absolute Gasteiger partial charge is 0.332 e. The Morgan fingerprint density at radius 3 is 2.78 bits per heavy atom. The predicted molar refractivity (Wildman–Crippen MR) is 71.7 cm³/mol. The third kappa shape index (κ3) is 3.12. The van der Waals surface area contributed by atoms with Crippen LogP contribution in [0.15, 0.2) is 30.3 Å².